The number of fused-ring (bicyclic) bond motifs is 1. The van der Waals surface area contributed by atoms with E-state index < -0.39 is 0 Å². The van der Waals surface area contributed by atoms with Crippen LogP contribution in [0.2, 0.25) is 5.02 Å². The van der Waals surface area contributed by atoms with Crippen molar-refractivity contribution in [2.75, 3.05) is 32.3 Å². The second kappa shape index (κ2) is 10.2. The predicted octanol–water partition coefficient (Wildman–Crippen LogP) is 2.61. The second-order valence-electron chi connectivity index (χ2n) is 7.43. The Bertz CT molecular complexity index is 1200. The molecule has 0 fully saturated rings. The number of rotatable bonds is 6. The number of pyridine rings is 1. The molecule has 0 saturated heterocycles. The van der Waals surface area contributed by atoms with Crippen molar-refractivity contribution < 1.29 is 14.3 Å². The van der Waals surface area contributed by atoms with Crippen LogP contribution in [0.3, 0.4) is 0 Å². The summed E-state index contributed by atoms with van der Waals surface area (Å²) in [6.45, 7) is 4.06. The number of hydrogen-bond acceptors (Lipinski definition) is 7. The Balaban J connectivity index is 1.49. The number of amidine groups is 1. The van der Waals surface area contributed by atoms with E-state index in [9.17, 15) is 4.79 Å². The summed E-state index contributed by atoms with van der Waals surface area (Å²) in [5, 5.41) is 9.95. The van der Waals surface area contributed by atoms with Crippen LogP contribution < -0.4 is 15.1 Å². The van der Waals surface area contributed by atoms with Gasteiger partial charge >= 0.3 is 134 Å². The second-order valence-corrected chi connectivity index (χ2v) is 10.3. The zero-order valence-corrected chi connectivity index (χ0v) is 24.0. The van der Waals surface area contributed by atoms with E-state index in [1.54, 1.807) is 30.9 Å². The third kappa shape index (κ3) is 4.88. The molecule has 0 radical (unpaired) electrons. The van der Waals surface area contributed by atoms with Gasteiger partial charge in [-0.25, -0.2) is 4.98 Å². The summed E-state index contributed by atoms with van der Waals surface area (Å²) in [6.07, 6.45) is 2.32. The summed E-state index contributed by atoms with van der Waals surface area (Å²) >= 11 is 6.88. The number of ether oxygens (including phenoxy) is 2. The number of aryl methyl sites for hydroxylation is 1. The maximum absolute atomic E-state index is 13.1. The fraction of sp³-hybridized carbons (Fsp3) is 0.318. The van der Waals surface area contributed by atoms with Gasteiger partial charge in [0, 0.05) is 6.07 Å². The first-order valence-corrected chi connectivity index (χ1v) is 12.9. The molecule has 1 N–H and O–H groups in total. The average molecular weight is 660 g/mol. The van der Waals surface area contributed by atoms with E-state index in [0.717, 1.165) is 24.3 Å². The first kappa shape index (κ1) is 23.6. The molecule has 0 spiro atoms. The number of imidazole rings is 1. The Morgan fingerprint density at radius 1 is 1.21 bits per heavy atom. The molecule has 9 nitrogen and oxygen atoms in total. The molecule has 2 aromatic heterocycles. The van der Waals surface area contributed by atoms with Gasteiger partial charge in [-0.1, -0.05) is 18.5 Å². The van der Waals surface area contributed by atoms with Crippen molar-refractivity contribution in [1.82, 2.24) is 17.4 Å². The van der Waals surface area contributed by atoms with Gasteiger partial charge in [0.1, 0.15) is 5.65 Å². The Morgan fingerprint density at radius 3 is 2.64 bits per heavy atom. The first-order chi connectivity index (χ1) is 15.9. The molecule has 0 unspecified atom stereocenters. The van der Waals surface area contributed by atoms with Gasteiger partial charge in [0.25, 0.3) is 0 Å². The van der Waals surface area contributed by atoms with Crippen LogP contribution in [0.15, 0.2) is 41.6 Å². The maximum atomic E-state index is 13.1. The molecular formula is C22H24ClN6O3Tl. The van der Waals surface area contributed by atoms with Gasteiger partial charge in [-0.2, -0.15) is 0 Å². The predicted molar refractivity (Wildman–Crippen MR) is 128 cm³/mol. The number of carbonyl (C=O) groups is 1. The number of nitrogens with one attached hydrogen (secondary N) is 1. The quantitative estimate of drug-likeness (QED) is 0.410. The zero-order chi connectivity index (χ0) is 23.5. The van der Waals surface area contributed by atoms with E-state index in [1.165, 1.54) is 0 Å². The van der Waals surface area contributed by atoms with E-state index >= 15 is 0 Å². The molecule has 0 saturated carbocycles. The van der Waals surface area contributed by atoms with E-state index in [-0.39, 0.29) is 5.91 Å². The van der Waals surface area contributed by atoms with Crippen LogP contribution in [-0.2, 0) is 17.7 Å². The van der Waals surface area contributed by atoms with E-state index in [2.05, 4.69) is 18.1 Å². The van der Waals surface area contributed by atoms with Gasteiger partial charge < -0.3 is 4.74 Å². The van der Waals surface area contributed by atoms with Crippen LogP contribution in [0.4, 0.5) is 5.69 Å². The number of hydrogen-bond donors (Lipinski definition) is 1. The number of benzene rings is 1. The summed E-state index contributed by atoms with van der Waals surface area (Å²) in [5.74, 6) is 0.283. The molecule has 3 heterocycles. The number of halogens is 1. The standard InChI is InChI=1S/C22H25ClN6O3.Tl/c1-4-17-20(28-13-18(31-2)16(23)11-19(28)26-17)21(30)25-12-14-5-7-15(8-6-14)29-10-9-24-22(27-29)32-3;/h5-8,11,13H,4,9-10,12H2,1-3H3,(H2,24,25,27,30);/q;+1/p-1. The van der Waals surface area contributed by atoms with E-state index in [1.807, 2.05) is 36.2 Å². The Labute approximate surface area is 213 Å². The van der Waals surface area contributed by atoms with Crippen molar-refractivity contribution in [3.63, 3.8) is 0 Å². The number of methoxy groups -OCH3 is 2. The topological polar surface area (TPSA) is 83.7 Å². The van der Waals surface area contributed by atoms with E-state index in [0.29, 0.717) is 72.9 Å². The summed E-state index contributed by atoms with van der Waals surface area (Å²) in [5.41, 5.74) is 3.77. The Kier molecular flexibility index (Phi) is 7.27. The van der Waals surface area contributed by atoms with Crippen molar-refractivity contribution in [2.45, 2.75) is 19.9 Å². The number of nitrogens with zero attached hydrogens (tertiary/aromatic N) is 5. The Hall–Kier alpha value is -2.54. The molecule has 1 aliphatic rings. The van der Waals surface area contributed by atoms with Crippen LogP contribution in [0, 0.1) is 0 Å². The van der Waals surface area contributed by atoms with Crippen molar-refractivity contribution in [2.24, 2.45) is 5.10 Å². The molecule has 33 heavy (non-hydrogen) atoms. The van der Waals surface area contributed by atoms with Crippen molar-refractivity contribution in [3.8, 4) is 5.75 Å². The molecule has 0 bridgehead atoms. The summed E-state index contributed by atoms with van der Waals surface area (Å²) in [4.78, 5) is 17.6. The molecule has 0 atom stereocenters. The molecule has 3 aromatic rings. The molecule has 11 heteroatoms. The number of carbonyl (C=O) groups excluding carboxylic acids is 1. The van der Waals surface area contributed by atoms with Crippen LogP contribution in [0.1, 0.15) is 28.7 Å². The molecule has 1 aromatic carbocycles. The molecular weight excluding hydrogens is 636 g/mol. The van der Waals surface area contributed by atoms with Crippen molar-refractivity contribution >= 4 is 60.9 Å². The number of anilines is 1. The average Bonchev–Trinajstić information content (AvgIpc) is 3.20. The zero-order valence-electron chi connectivity index (χ0n) is 18.7. The third-order valence-electron chi connectivity index (χ3n) is 5.39. The number of hydrazone groups is 1. The van der Waals surface area contributed by atoms with Crippen LogP contribution in [0.5, 0.6) is 5.75 Å². The first-order valence-electron chi connectivity index (χ1n) is 10.5. The molecule has 0 aliphatic carbocycles. The van der Waals surface area contributed by atoms with Gasteiger partial charge in [0.05, 0.1) is 24.0 Å². The Morgan fingerprint density at radius 2 is 1.97 bits per heavy atom. The molecule has 1 amide bonds. The molecule has 1 aliphatic heterocycles. The fourth-order valence-electron chi connectivity index (χ4n) is 3.64. The van der Waals surface area contributed by atoms with Gasteiger partial charge in [0.15, 0.2) is 5.75 Å². The van der Waals surface area contributed by atoms with Gasteiger partial charge in [-0.05, 0) is 6.42 Å². The molecule has 170 valence electrons. The summed E-state index contributed by atoms with van der Waals surface area (Å²) in [7, 11) is 3.18. The van der Waals surface area contributed by atoms with Crippen molar-refractivity contribution in [3.05, 3.63) is 58.5 Å². The van der Waals surface area contributed by atoms with Crippen molar-refractivity contribution in [1.29, 1.82) is 0 Å². The SMILES string of the molecule is CCc1nc2cc(Cl)c(OC)cn2c1C(=O)NCc1ccc(N2CC[N]([Tl])C(OC)=N2)cc1. The van der Waals surface area contributed by atoms with Crippen LogP contribution in [-0.4, -0.2) is 77.4 Å². The minimum atomic E-state index is -0.203. The van der Waals surface area contributed by atoms with Crippen LogP contribution in [0.25, 0.3) is 5.65 Å². The summed E-state index contributed by atoms with van der Waals surface area (Å²) in [6, 6.07) is 10.3. The van der Waals surface area contributed by atoms with Gasteiger partial charge in [0.2, 0.25) is 0 Å². The monoisotopic (exact) mass is 660 g/mol. The van der Waals surface area contributed by atoms with Gasteiger partial charge in [-0.15, -0.1) is 0 Å². The minimum absolute atomic E-state index is 0.203. The third-order valence-corrected chi connectivity index (χ3v) is 7.55. The summed E-state index contributed by atoms with van der Waals surface area (Å²) < 4.78 is 14.5. The molecule has 4 rings (SSSR count). The van der Waals surface area contributed by atoms with Crippen LogP contribution >= 0.6 is 11.6 Å². The number of aromatic nitrogens is 2. The fourth-order valence-corrected chi connectivity index (χ4v) is 4.92. The number of amides is 1. The van der Waals surface area contributed by atoms with E-state index in [4.69, 9.17) is 21.1 Å². The normalized spacial score (nSPS) is 13.7. The van der Waals surface area contributed by atoms with Gasteiger partial charge in [-0.3, -0.25) is 4.40 Å².